The van der Waals surface area contributed by atoms with Crippen molar-refractivity contribution < 1.29 is 9.53 Å². The number of benzene rings is 3. The van der Waals surface area contributed by atoms with E-state index in [1.54, 1.807) is 23.8 Å². The van der Waals surface area contributed by atoms with Crippen LogP contribution in [-0.4, -0.2) is 23.1 Å². The highest BCUT2D eigenvalue weighted by Gasteiger charge is 2.30. The zero-order valence-corrected chi connectivity index (χ0v) is 17.5. The van der Waals surface area contributed by atoms with Gasteiger partial charge in [-0.2, -0.15) is 0 Å². The van der Waals surface area contributed by atoms with Crippen LogP contribution < -0.4 is 4.74 Å². The van der Waals surface area contributed by atoms with Crippen LogP contribution >= 0.6 is 11.8 Å². The molecule has 0 aromatic heterocycles. The fourth-order valence-electron chi connectivity index (χ4n) is 3.13. The van der Waals surface area contributed by atoms with Crippen LogP contribution in [0.25, 0.3) is 6.08 Å². The van der Waals surface area contributed by atoms with Crippen molar-refractivity contribution in [1.82, 2.24) is 4.90 Å². The first kappa shape index (κ1) is 20.0. The highest BCUT2D eigenvalue weighted by atomic mass is 32.2. The molecule has 0 atom stereocenters. The van der Waals surface area contributed by atoms with Gasteiger partial charge in [0.2, 0.25) is 0 Å². The molecule has 3 aromatic carbocycles. The molecule has 1 aliphatic heterocycles. The number of rotatable bonds is 6. The van der Waals surface area contributed by atoms with Gasteiger partial charge in [0.15, 0.2) is 5.17 Å². The standard InChI is InChI=1S/C25H22N2O2S/c1-29-22-14-12-19(13-15-22)16-23-24(28)27(17-20-8-4-2-5-9-20)25(26-23)30-18-21-10-6-3-7-11-21/h2-16H,17-18H2,1H3/b23-16-. The number of thioether (sulfide) groups is 1. The number of hydrogen-bond acceptors (Lipinski definition) is 4. The topological polar surface area (TPSA) is 41.9 Å². The summed E-state index contributed by atoms with van der Waals surface area (Å²) < 4.78 is 5.21. The van der Waals surface area contributed by atoms with Gasteiger partial charge in [-0.15, -0.1) is 0 Å². The molecule has 4 nitrogen and oxygen atoms in total. The number of amides is 1. The van der Waals surface area contributed by atoms with Gasteiger partial charge in [0.1, 0.15) is 11.4 Å². The lowest BCUT2D eigenvalue weighted by Gasteiger charge is -2.17. The van der Waals surface area contributed by atoms with Crippen LogP contribution in [0.4, 0.5) is 0 Å². The van der Waals surface area contributed by atoms with Crippen molar-refractivity contribution in [3.63, 3.8) is 0 Å². The monoisotopic (exact) mass is 414 g/mol. The van der Waals surface area contributed by atoms with Gasteiger partial charge in [-0.25, -0.2) is 4.99 Å². The van der Waals surface area contributed by atoms with Gasteiger partial charge in [0, 0.05) is 5.75 Å². The lowest BCUT2D eigenvalue weighted by atomic mass is 10.1. The van der Waals surface area contributed by atoms with E-state index in [0.29, 0.717) is 12.2 Å². The SMILES string of the molecule is COc1ccc(/C=C2\N=C(SCc3ccccc3)N(Cc3ccccc3)C2=O)cc1. The Balaban J connectivity index is 1.59. The van der Waals surface area contributed by atoms with Crippen molar-refractivity contribution in [2.45, 2.75) is 12.3 Å². The van der Waals surface area contributed by atoms with Gasteiger partial charge in [0.05, 0.1) is 13.7 Å². The summed E-state index contributed by atoms with van der Waals surface area (Å²) in [7, 11) is 1.63. The molecule has 1 amide bonds. The van der Waals surface area contributed by atoms with Gasteiger partial charge in [0.25, 0.3) is 5.91 Å². The number of amidine groups is 1. The summed E-state index contributed by atoms with van der Waals surface area (Å²) in [4.78, 5) is 19.6. The minimum absolute atomic E-state index is 0.0785. The van der Waals surface area contributed by atoms with E-state index >= 15 is 0 Å². The quantitative estimate of drug-likeness (QED) is 0.510. The Morgan fingerprint density at radius 1 is 0.900 bits per heavy atom. The number of methoxy groups -OCH3 is 1. The smallest absolute Gasteiger partial charge is 0.278 e. The summed E-state index contributed by atoms with van der Waals surface area (Å²) >= 11 is 1.58. The van der Waals surface area contributed by atoms with Crippen molar-refractivity contribution in [2.75, 3.05) is 7.11 Å². The molecule has 0 saturated carbocycles. The summed E-state index contributed by atoms with van der Waals surface area (Å²) in [5, 5.41) is 0.729. The first-order chi connectivity index (χ1) is 14.7. The zero-order chi connectivity index (χ0) is 20.8. The molecule has 0 radical (unpaired) electrons. The Hall–Kier alpha value is -3.31. The van der Waals surface area contributed by atoms with Crippen molar-refractivity contribution in [1.29, 1.82) is 0 Å². The third kappa shape index (κ3) is 4.81. The Morgan fingerprint density at radius 2 is 1.53 bits per heavy atom. The average Bonchev–Trinajstić information content (AvgIpc) is 3.08. The Morgan fingerprint density at radius 3 is 2.17 bits per heavy atom. The Bertz CT molecular complexity index is 1060. The van der Waals surface area contributed by atoms with Gasteiger partial charge < -0.3 is 4.74 Å². The van der Waals surface area contributed by atoms with Crippen LogP contribution in [0.2, 0.25) is 0 Å². The molecule has 0 unspecified atom stereocenters. The van der Waals surface area contributed by atoms with E-state index in [9.17, 15) is 4.79 Å². The maximum atomic E-state index is 13.2. The molecular formula is C25H22N2O2S. The van der Waals surface area contributed by atoms with E-state index < -0.39 is 0 Å². The molecule has 0 aliphatic carbocycles. The van der Waals surface area contributed by atoms with E-state index in [-0.39, 0.29) is 5.91 Å². The van der Waals surface area contributed by atoms with E-state index in [2.05, 4.69) is 17.1 Å². The molecule has 0 fully saturated rings. The Kier molecular flexibility index (Phi) is 6.30. The average molecular weight is 415 g/mol. The minimum atomic E-state index is -0.0785. The summed E-state index contributed by atoms with van der Waals surface area (Å²) in [6.07, 6.45) is 1.83. The highest BCUT2D eigenvalue weighted by Crippen LogP contribution is 2.28. The van der Waals surface area contributed by atoms with E-state index in [1.165, 1.54) is 5.56 Å². The maximum Gasteiger partial charge on any atom is 0.278 e. The van der Waals surface area contributed by atoms with Crippen LogP contribution in [0, 0.1) is 0 Å². The normalized spacial score (nSPS) is 14.8. The third-order valence-corrected chi connectivity index (χ3v) is 5.77. The lowest BCUT2D eigenvalue weighted by molar-refractivity contribution is -0.122. The van der Waals surface area contributed by atoms with Crippen LogP contribution in [0.15, 0.2) is 95.6 Å². The van der Waals surface area contributed by atoms with E-state index in [4.69, 9.17) is 4.74 Å². The molecule has 0 bridgehead atoms. The zero-order valence-electron chi connectivity index (χ0n) is 16.7. The van der Waals surface area contributed by atoms with Crippen molar-refractivity contribution in [3.05, 3.63) is 107 Å². The fraction of sp³-hybridized carbons (Fsp3) is 0.120. The molecule has 3 aromatic rings. The molecule has 1 aliphatic rings. The molecular weight excluding hydrogens is 392 g/mol. The lowest BCUT2D eigenvalue weighted by Crippen LogP contribution is -2.30. The van der Waals surface area contributed by atoms with Gasteiger partial charge >= 0.3 is 0 Å². The molecule has 0 spiro atoms. The van der Waals surface area contributed by atoms with Gasteiger partial charge in [-0.05, 0) is 34.9 Å². The van der Waals surface area contributed by atoms with Crippen LogP contribution in [0.1, 0.15) is 16.7 Å². The molecule has 30 heavy (non-hydrogen) atoms. The number of aliphatic imine (C=N–C) groups is 1. The summed E-state index contributed by atoms with van der Waals surface area (Å²) in [5.74, 6) is 1.46. The third-order valence-electron chi connectivity index (χ3n) is 4.72. The largest absolute Gasteiger partial charge is 0.497 e. The van der Waals surface area contributed by atoms with Crippen LogP contribution in [0.3, 0.4) is 0 Å². The van der Waals surface area contributed by atoms with E-state index in [1.807, 2.05) is 78.9 Å². The predicted molar refractivity (Wildman–Crippen MR) is 123 cm³/mol. The van der Waals surface area contributed by atoms with Gasteiger partial charge in [-0.1, -0.05) is 84.6 Å². The highest BCUT2D eigenvalue weighted by molar-refractivity contribution is 8.13. The minimum Gasteiger partial charge on any atom is -0.497 e. The van der Waals surface area contributed by atoms with Crippen LogP contribution in [0.5, 0.6) is 5.75 Å². The number of hydrogen-bond donors (Lipinski definition) is 0. The second kappa shape index (κ2) is 9.46. The van der Waals surface area contributed by atoms with Crippen molar-refractivity contribution in [3.8, 4) is 5.75 Å². The molecule has 5 heteroatoms. The van der Waals surface area contributed by atoms with E-state index in [0.717, 1.165) is 27.8 Å². The second-order valence-electron chi connectivity index (χ2n) is 6.85. The Labute approximate surface area is 180 Å². The molecule has 4 rings (SSSR count). The van der Waals surface area contributed by atoms with Crippen molar-refractivity contribution in [2.24, 2.45) is 4.99 Å². The predicted octanol–water partition coefficient (Wildman–Crippen LogP) is 5.37. The molecule has 0 N–H and O–H groups in total. The summed E-state index contributed by atoms with van der Waals surface area (Å²) in [6, 6.07) is 27.8. The molecule has 150 valence electrons. The summed E-state index contributed by atoms with van der Waals surface area (Å²) in [5.41, 5.74) is 3.64. The number of carbonyl (C=O) groups is 1. The summed E-state index contributed by atoms with van der Waals surface area (Å²) in [6.45, 7) is 0.500. The van der Waals surface area contributed by atoms with Crippen LogP contribution in [-0.2, 0) is 17.1 Å². The van der Waals surface area contributed by atoms with Crippen molar-refractivity contribution >= 4 is 28.9 Å². The first-order valence-corrected chi connectivity index (χ1v) is 10.7. The first-order valence-electron chi connectivity index (χ1n) is 9.70. The number of carbonyl (C=O) groups excluding carboxylic acids is 1. The number of ether oxygens (including phenoxy) is 1. The molecule has 0 saturated heterocycles. The molecule has 1 heterocycles. The number of nitrogens with zero attached hydrogens (tertiary/aromatic N) is 2. The fourth-order valence-corrected chi connectivity index (χ4v) is 4.08. The second-order valence-corrected chi connectivity index (χ2v) is 7.79. The van der Waals surface area contributed by atoms with Gasteiger partial charge in [-0.3, -0.25) is 9.69 Å². The maximum absolute atomic E-state index is 13.2.